The van der Waals surface area contributed by atoms with E-state index in [0.717, 1.165) is 19.3 Å². The molecule has 0 fully saturated rings. The zero-order valence-electron chi connectivity index (χ0n) is 13.9. The van der Waals surface area contributed by atoms with Crippen LogP contribution in [0.5, 0.6) is 0 Å². The van der Waals surface area contributed by atoms with Crippen molar-refractivity contribution in [3.8, 4) is 0 Å². The van der Waals surface area contributed by atoms with E-state index < -0.39 is 5.97 Å². The lowest BCUT2D eigenvalue weighted by molar-refractivity contribution is -0.137. The van der Waals surface area contributed by atoms with Crippen LogP contribution in [0.4, 0.5) is 0 Å². The van der Waals surface area contributed by atoms with Crippen molar-refractivity contribution in [2.75, 3.05) is 6.54 Å². The molecule has 0 saturated carbocycles. The van der Waals surface area contributed by atoms with E-state index in [9.17, 15) is 4.79 Å². The summed E-state index contributed by atoms with van der Waals surface area (Å²) in [7, 11) is 0. The zero-order valence-corrected chi connectivity index (χ0v) is 13.9. The van der Waals surface area contributed by atoms with E-state index in [1.54, 1.807) is 0 Å². The van der Waals surface area contributed by atoms with Crippen molar-refractivity contribution in [2.24, 2.45) is 5.11 Å². The van der Waals surface area contributed by atoms with Crippen molar-refractivity contribution in [1.82, 2.24) is 0 Å². The Morgan fingerprint density at radius 1 is 0.739 bits per heavy atom. The number of hydrogen-bond acceptors (Lipinski definition) is 2. The van der Waals surface area contributed by atoms with Gasteiger partial charge in [0.25, 0.3) is 0 Å². The van der Waals surface area contributed by atoms with Crippen LogP contribution in [0, 0.1) is 0 Å². The summed E-state index contributed by atoms with van der Waals surface area (Å²) in [5, 5.41) is 12.0. The fourth-order valence-corrected chi connectivity index (χ4v) is 2.27. The minimum absolute atomic E-state index is 0.319. The molecule has 0 aromatic carbocycles. The Balaban J connectivity index is 0. The van der Waals surface area contributed by atoms with Crippen LogP contribution in [0.15, 0.2) is 5.11 Å². The number of carbonyl (C=O) groups is 1. The molecule has 1 N–H and O–H groups in total. The average Bonchev–Trinajstić information content (AvgIpc) is 2.51. The number of rotatable bonds is 15. The lowest BCUT2D eigenvalue weighted by atomic mass is 10.0. The van der Waals surface area contributed by atoms with Gasteiger partial charge in [-0.25, -0.2) is 0 Å². The summed E-state index contributed by atoms with van der Waals surface area (Å²) in [5.41, 5.74) is 21.6. The van der Waals surface area contributed by atoms with Gasteiger partial charge in [-0.15, -0.1) is 0 Å². The molecule has 0 spiro atoms. The number of nitrogens with zero attached hydrogens (tertiary/aromatic N) is 6. The maximum Gasteiger partial charge on any atom is 0.303 e. The van der Waals surface area contributed by atoms with Gasteiger partial charge in [0, 0.05) is 17.9 Å². The SMILES string of the molecule is [N-]=[N+]=NCCCCCCCCCCCCCCC(=O)O.[N-]=[N+]=[N-]. The topological polar surface area (TPSA) is 145 Å². The molecule has 0 amide bonds. The van der Waals surface area contributed by atoms with E-state index in [0.29, 0.717) is 13.0 Å². The second kappa shape index (κ2) is 22.4. The monoisotopic (exact) mass is 325 g/mol. The molecule has 23 heavy (non-hydrogen) atoms. The lowest BCUT2D eigenvalue weighted by Crippen LogP contribution is -1.93. The number of aliphatic carboxylic acids is 1. The van der Waals surface area contributed by atoms with Crippen molar-refractivity contribution in [3.05, 3.63) is 26.4 Å². The summed E-state index contributed by atoms with van der Waals surface area (Å²) in [6.07, 6.45) is 14.5. The summed E-state index contributed by atoms with van der Waals surface area (Å²) in [6.45, 7) is 0.637. The van der Waals surface area contributed by atoms with Crippen molar-refractivity contribution in [3.63, 3.8) is 0 Å². The van der Waals surface area contributed by atoms with E-state index in [2.05, 4.69) is 10.0 Å². The quantitative estimate of drug-likeness (QED) is 0.162. The molecule has 0 saturated heterocycles. The van der Waals surface area contributed by atoms with Gasteiger partial charge in [-0.3, -0.25) is 9.71 Å². The Labute approximate surface area is 138 Å². The van der Waals surface area contributed by atoms with Gasteiger partial charge in [0.1, 0.15) is 0 Å². The second-order valence-electron chi connectivity index (χ2n) is 5.43. The highest BCUT2D eigenvalue weighted by molar-refractivity contribution is 5.66. The largest absolute Gasteiger partial charge is 0.481 e. The van der Waals surface area contributed by atoms with Crippen LogP contribution >= 0.6 is 0 Å². The van der Waals surface area contributed by atoms with Crippen LogP contribution in [0.25, 0.3) is 26.4 Å². The maximum absolute atomic E-state index is 10.3. The van der Waals surface area contributed by atoms with Gasteiger partial charge in [-0.2, -0.15) is 0 Å². The van der Waals surface area contributed by atoms with Crippen molar-refractivity contribution < 1.29 is 9.90 Å². The van der Waals surface area contributed by atoms with Gasteiger partial charge in [0.15, 0.2) is 0 Å². The van der Waals surface area contributed by atoms with Crippen molar-refractivity contribution in [2.45, 2.75) is 83.5 Å². The average molecular weight is 325 g/mol. The first-order valence-corrected chi connectivity index (χ1v) is 8.40. The predicted octanol–water partition coefficient (Wildman–Crippen LogP) is 6.32. The molecule has 0 rings (SSSR count). The second-order valence-corrected chi connectivity index (χ2v) is 5.43. The molecule has 0 atom stereocenters. The third-order valence-corrected chi connectivity index (χ3v) is 3.46. The van der Waals surface area contributed by atoms with E-state index in [4.69, 9.17) is 21.7 Å². The number of carboxylic acids is 1. The van der Waals surface area contributed by atoms with Gasteiger partial charge in [-0.1, -0.05) is 69.3 Å². The highest BCUT2D eigenvalue weighted by atomic mass is 16.4. The van der Waals surface area contributed by atoms with Crippen molar-refractivity contribution in [1.29, 1.82) is 0 Å². The lowest BCUT2D eigenvalue weighted by Gasteiger charge is -2.02. The number of azide groups is 1. The van der Waals surface area contributed by atoms with Gasteiger partial charge >= 0.3 is 5.97 Å². The van der Waals surface area contributed by atoms with E-state index in [-0.39, 0.29) is 0 Å². The molecule has 132 valence electrons. The van der Waals surface area contributed by atoms with Crippen LogP contribution in [0.2, 0.25) is 0 Å². The van der Waals surface area contributed by atoms with Crippen molar-refractivity contribution >= 4 is 5.97 Å². The zero-order chi connectivity index (χ0) is 17.6. The first-order chi connectivity index (χ1) is 11.2. The van der Waals surface area contributed by atoms with Crippen LogP contribution < -0.4 is 0 Å². The Bertz CT molecular complexity index is 336. The molecule has 0 heterocycles. The smallest absolute Gasteiger partial charge is 0.303 e. The first-order valence-electron chi connectivity index (χ1n) is 8.40. The van der Waals surface area contributed by atoms with Gasteiger partial charge in [0.05, 0.1) is 0 Å². The van der Waals surface area contributed by atoms with E-state index >= 15 is 0 Å². The molecule has 8 heteroatoms. The van der Waals surface area contributed by atoms with Gasteiger partial charge in [-0.05, 0) is 18.4 Å². The third kappa shape index (κ3) is 28.9. The molecular weight excluding hydrogens is 296 g/mol. The predicted molar refractivity (Wildman–Crippen MR) is 91.7 cm³/mol. The standard InChI is InChI=1S/C15H29N3O2.N3/c16-18-17-14-12-10-8-6-4-2-1-3-5-7-9-11-13-15(19)20;1-3-2/h1-14H2,(H,19,20);/q;-1. The molecule has 0 radical (unpaired) electrons. The van der Waals surface area contributed by atoms with Gasteiger partial charge < -0.3 is 16.2 Å². The molecule has 8 nitrogen and oxygen atoms in total. The van der Waals surface area contributed by atoms with Crippen LogP contribution in [-0.2, 0) is 4.79 Å². The highest BCUT2D eigenvalue weighted by Crippen LogP contribution is 2.12. The molecule has 0 aromatic heterocycles. The number of hydrogen-bond donors (Lipinski definition) is 1. The number of carboxylic acid groups (broad SMARTS) is 1. The van der Waals surface area contributed by atoms with Gasteiger partial charge in [0.2, 0.25) is 0 Å². The molecule has 0 aromatic rings. The molecule has 0 aliphatic rings. The number of unbranched alkanes of at least 4 members (excludes halogenated alkanes) is 11. The minimum atomic E-state index is -0.676. The summed E-state index contributed by atoms with van der Waals surface area (Å²) in [5.74, 6) is -0.676. The molecule has 0 aliphatic heterocycles. The fraction of sp³-hybridized carbons (Fsp3) is 0.933. The highest BCUT2D eigenvalue weighted by Gasteiger charge is 1.96. The van der Waals surface area contributed by atoms with Crippen LogP contribution in [-0.4, -0.2) is 17.6 Å². The summed E-state index contributed by atoms with van der Waals surface area (Å²) >= 11 is 0. The normalized spacial score (nSPS) is 9.22. The van der Waals surface area contributed by atoms with Crippen LogP contribution in [0.3, 0.4) is 0 Å². The van der Waals surface area contributed by atoms with E-state index in [1.165, 1.54) is 62.7 Å². The Kier molecular flexibility index (Phi) is 22.7. The minimum Gasteiger partial charge on any atom is -0.481 e. The van der Waals surface area contributed by atoms with Crippen LogP contribution in [0.1, 0.15) is 83.5 Å². The summed E-state index contributed by atoms with van der Waals surface area (Å²) < 4.78 is 0. The maximum atomic E-state index is 10.3. The summed E-state index contributed by atoms with van der Waals surface area (Å²) in [4.78, 5) is 14.5. The first kappa shape index (κ1) is 23.4. The third-order valence-electron chi connectivity index (χ3n) is 3.46. The Morgan fingerprint density at radius 2 is 1.09 bits per heavy atom. The Hall–Kier alpha value is -1.91. The fourth-order valence-electron chi connectivity index (χ4n) is 2.27. The molecule has 0 bridgehead atoms. The molecular formula is C15H29N6O2-. The molecule has 0 unspecified atom stereocenters. The van der Waals surface area contributed by atoms with E-state index in [1.807, 2.05) is 0 Å². The summed E-state index contributed by atoms with van der Waals surface area (Å²) in [6, 6.07) is 0. The Morgan fingerprint density at radius 3 is 1.43 bits per heavy atom. The molecule has 0 aliphatic carbocycles.